The first kappa shape index (κ1) is 15.1. The largest absolute Gasteiger partial charge is 0.464 e. The van der Waals surface area contributed by atoms with Crippen LogP contribution in [0, 0.1) is 12.7 Å². The molecule has 0 unspecified atom stereocenters. The number of nitrogen functional groups attached to an aromatic ring is 1. The van der Waals surface area contributed by atoms with Gasteiger partial charge in [-0.1, -0.05) is 0 Å². The van der Waals surface area contributed by atoms with E-state index < -0.39 is 5.82 Å². The third-order valence-electron chi connectivity index (χ3n) is 3.23. The second-order valence-corrected chi connectivity index (χ2v) is 5.28. The molecule has 5 heteroatoms. The van der Waals surface area contributed by atoms with Crippen molar-refractivity contribution in [2.45, 2.75) is 33.4 Å². The zero-order valence-corrected chi connectivity index (χ0v) is 12.4. The topological polar surface area (TPSA) is 59.5 Å². The Balaban J connectivity index is 2.27. The average Bonchev–Trinajstić information content (AvgIpc) is 2.80. The molecule has 1 heterocycles. The van der Waals surface area contributed by atoms with Crippen molar-refractivity contribution in [3.63, 3.8) is 0 Å². The number of hydrogen-bond acceptors (Lipinski definition) is 3. The van der Waals surface area contributed by atoms with E-state index in [4.69, 9.17) is 10.2 Å². The summed E-state index contributed by atoms with van der Waals surface area (Å²) in [6.07, 6.45) is 0. The van der Waals surface area contributed by atoms with E-state index >= 15 is 0 Å². The van der Waals surface area contributed by atoms with Gasteiger partial charge in [-0.2, -0.15) is 0 Å². The first-order valence-corrected chi connectivity index (χ1v) is 6.80. The highest BCUT2D eigenvalue weighted by molar-refractivity contribution is 5.95. The lowest BCUT2D eigenvalue weighted by Crippen LogP contribution is -2.36. The highest BCUT2D eigenvalue weighted by Gasteiger charge is 2.23. The van der Waals surface area contributed by atoms with E-state index in [2.05, 4.69) is 0 Å². The van der Waals surface area contributed by atoms with Crippen molar-refractivity contribution in [1.82, 2.24) is 4.90 Å². The lowest BCUT2D eigenvalue weighted by molar-refractivity contribution is 0.0670. The van der Waals surface area contributed by atoms with Gasteiger partial charge in [-0.05, 0) is 51.1 Å². The van der Waals surface area contributed by atoms with Crippen LogP contribution in [0.2, 0.25) is 0 Å². The van der Waals surface area contributed by atoms with E-state index in [1.807, 2.05) is 32.9 Å². The number of nitrogens with zero attached hydrogens (tertiary/aromatic N) is 1. The van der Waals surface area contributed by atoms with E-state index in [-0.39, 0.29) is 17.5 Å². The van der Waals surface area contributed by atoms with Gasteiger partial charge in [-0.3, -0.25) is 4.79 Å². The zero-order valence-electron chi connectivity index (χ0n) is 12.4. The summed E-state index contributed by atoms with van der Waals surface area (Å²) in [4.78, 5) is 14.1. The summed E-state index contributed by atoms with van der Waals surface area (Å²) >= 11 is 0. The maximum Gasteiger partial charge on any atom is 0.257 e. The Kier molecular flexibility index (Phi) is 4.31. The quantitative estimate of drug-likeness (QED) is 0.878. The number of nitrogens with two attached hydrogens (primary N) is 1. The van der Waals surface area contributed by atoms with Crippen LogP contribution in [0.1, 0.15) is 35.7 Å². The third-order valence-corrected chi connectivity index (χ3v) is 3.23. The molecule has 2 rings (SSSR count). The molecule has 0 fully saturated rings. The summed E-state index contributed by atoms with van der Waals surface area (Å²) in [5.74, 6) is 0.461. The van der Waals surface area contributed by atoms with Crippen LogP contribution in [0.3, 0.4) is 0 Å². The Morgan fingerprint density at radius 1 is 1.33 bits per heavy atom. The Morgan fingerprint density at radius 3 is 2.57 bits per heavy atom. The highest BCUT2D eigenvalue weighted by Crippen LogP contribution is 2.18. The molecule has 0 aliphatic rings. The summed E-state index contributed by atoms with van der Waals surface area (Å²) in [5, 5.41) is 0. The number of halogens is 1. The van der Waals surface area contributed by atoms with Gasteiger partial charge in [0.15, 0.2) is 0 Å². The maximum absolute atomic E-state index is 13.9. The zero-order chi connectivity index (χ0) is 15.6. The standard InChI is InChI=1S/C16H19FN2O2/c1-10(2)19(9-13-6-4-11(3)21-13)16(20)14-7-5-12(18)8-15(14)17/h4-8,10H,9,18H2,1-3H3. The first-order chi connectivity index (χ1) is 9.88. The van der Waals surface area contributed by atoms with Crippen LogP contribution in [-0.4, -0.2) is 16.8 Å². The molecule has 0 atom stereocenters. The minimum atomic E-state index is -0.610. The molecular weight excluding hydrogens is 271 g/mol. The van der Waals surface area contributed by atoms with Gasteiger partial charge in [0.2, 0.25) is 0 Å². The molecule has 1 aromatic carbocycles. The molecule has 0 aliphatic heterocycles. The van der Waals surface area contributed by atoms with Crippen molar-refractivity contribution >= 4 is 11.6 Å². The summed E-state index contributed by atoms with van der Waals surface area (Å²) < 4.78 is 19.4. The van der Waals surface area contributed by atoms with Crippen molar-refractivity contribution < 1.29 is 13.6 Å². The number of anilines is 1. The number of carbonyl (C=O) groups is 1. The Morgan fingerprint density at radius 2 is 2.05 bits per heavy atom. The summed E-state index contributed by atoms with van der Waals surface area (Å²) in [7, 11) is 0. The fourth-order valence-electron chi connectivity index (χ4n) is 2.09. The SMILES string of the molecule is Cc1ccc(CN(C(=O)c2ccc(N)cc2F)C(C)C)o1. The first-order valence-electron chi connectivity index (χ1n) is 6.80. The third kappa shape index (κ3) is 3.42. The molecule has 0 saturated heterocycles. The maximum atomic E-state index is 13.9. The van der Waals surface area contributed by atoms with Crippen LogP contribution in [0.4, 0.5) is 10.1 Å². The predicted octanol–water partition coefficient (Wildman–Crippen LogP) is 3.36. The predicted molar refractivity (Wildman–Crippen MR) is 79.3 cm³/mol. The minimum absolute atomic E-state index is 0.0150. The van der Waals surface area contributed by atoms with Crippen LogP contribution < -0.4 is 5.73 Å². The minimum Gasteiger partial charge on any atom is -0.464 e. The molecule has 112 valence electrons. The van der Waals surface area contributed by atoms with Gasteiger partial charge in [0.05, 0.1) is 12.1 Å². The average molecular weight is 290 g/mol. The van der Waals surface area contributed by atoms with Gasteiger partial charge in [0.25, 0.3) is 5.91 Å². The number of aryl methyl sites for hydroxylation is 1. The van der Waals surface area contributed by atoms with Gasteiger partial charge >= 0.3 is 0 Å². The van der Waals surface area contributed by atoms with E-state index in [1.165, 1.54) is 12.1 Å². The molecule has 0 bridgehead atoms. The second kappa shape index (κ2) is 5.99. The molecule has 2 N–H and O–H groups in total. The number of amides is 1. The molecule has 0 radical (unpaired) electrons. The lowest BCUT2D eigenvalue weighted by atomic mass is 10.1. The monoisotopic (exact) mass is 290 g/mol. The van der Waals surface area contributed by atoms with Crippen LogP contribution in [-0.2, 0) is 6.54 Å². The fourth-order valence-corrected chi connectivity index (χ4v) is 2.09. The highest BCUT2D eigenvalue weighted by atomic mass is 19.1. The summed E-state index contributed by atoms with van der Waals surface area (Å²) in [6, 6.07) is 7.66. The van der Waals surface area contributed by atoms with Gasteiger partial charge in [-0.15, -0.1) is 0 Å². The van der Waals surface area contributed by atoms with E-state index in [1.54, 1.807) is 4.90 Å². The normalized spacial score (nSPS) is 10.9. The van der Waals surface area contributed by atoms with Crippen LogP contribution in [0.25, 0.3) is 0 Å². The van der Waals surface area contributed by atoms with Crippen LogP contribution >= 0.6 is 0 Å². The van der Waals surface area contributed by atoms with Gasteiger partial charge < -0.3 is 15.1 Å². The van der Waals surface area contributed by atoms with E-state index in [0.717, 1.165) is 11.8 Å². The molecule has 1 amide bonds. The number of benzene rings is 1. The van der Waals surface area contributed by atoms with Crippen LogP contribution in [0.5, 0.6) is 0 Å². The fraction of sp³-hybridized carbons (Fsp3) is 0.312. The number of furan rings is 1. The Hall–Kier alpha value is -2.30. The number of rotatable bonds is 4. The van der Waals surface area contributed by atoms with Crippen molar-refractivity contribution in [3.05, 3.63) is 53.2 Å². The molecule has 0 aliphatic carbocycles. The smallest absolute Gasteiger partial charge is 0.257 e. The molecule has 4 nitrogen and oxygen atoms in total. The van der Waals surface area contributed by atoms with Crippen molar-refractivity contribution in [3.8, 4) is 0 Å². The summed E-state index contributed by atoms with van der Waals surface area (Å²) in [5.41, 5.74) is 5.82. The number of carbonyl (C=O) groups excluding carboxylic acids is 1. The van der Waals surface area contributed by atoms with Crippen molar-refractivity contribution in [2.24, 2.45) is 0 Å². The Bertz CT molecular complexity index is 649. The second-order valence-electron chi connectivity index (χ2n) is 5.28. The van der Waals surface area contributed by atoms with Crippen molar-refractivity contribution in [2.75, 3.05) is 5.73 Å². The van der Waals surface area contributed by atoms with E-state index in [9.17, 15) is 9.18 Å². The van der Waals surface area contributed by atoms with Gasteiger partial charge in [-0.25, -0.2) is 4.39 Å². The van der Waals surface area contributed by atoms with Gasteiger partial charge in [0.1, 0.15) is 17.3 Å². The summed E-state index contributed by atoms with van der Waals surface area (Å²) in [6.45, 7) is 5.89. The molecule has 21 heavy (non-hydrogen) atoms. The van der Waals surface area contributed by atoms with E-state index in [0.29, 0.717) is 18.0 Å². The lowest BCUT2D eigenvalue weighted by Gasteiger charge is -2.26. The number of hydrogen-bond donors (Lipinski definition) is 1. The molecule has 0 spiro atoms. The van der Waals surface area contributed by atoms with Crippen LogP contribution in [0.15, 0.2) is 34.7 Å². The molecule has 0 saturated carbocycles. The Labute approximate surface area is 123 Å². The molecule has 1 aromatic heterocycles. The molecule has 2 aromatic rings. The molecular formula is C16H19FN2O2. The van der Waals surface area contributed by atoms with Gasteiger partial charge in [0, 0.05) is 11.7 Å². The van der Waals surface area contributed by atoms with Crippen molar-refractivity contribution in [1.29, 1.82) is 0 Å².